The maximum Gasteiger partial charge on any atom is 0.0841 e. The zero-order chi connectivity index (χ0) is 14.1. The molecule has 1 fully saturated rings. The average Bonchev–Trinajstić information content (AvgIpc) is 2.99. The van der Waals surface area contributed by atoms with E-state index in [9.17, 15) is 0 Å². The van der Waals surface area contributed by atoms with Gasteiger partial charge in [-0.2, -0.15) is 5.10 Å². The molecular formula is C17H25N3. The van der Waals surface area contributed by atoms with E-state index < -0.39 is 0 Å². The minimum atomic E-state index is 0.649. The lowest BCUT2D eigenvalue weighted by atomic mass is 9.98. The largest absolute Gasteiger partial charge is 0.308 e. The topological polar surface area (TPSA) is 29.9 Å². The summed E-state index contributed by atoms with van der Waals surface area (Å²) in [6.45, 7) is 8.70. The Labute approximate surface area is 121 Å². The van der Waals surface area contributed by atoms with Crippen molar-refractivity contribution in [2.24, 2.45) is 11.8 Å². The monoisotopic (exact) mass is 271 g/mol. The first-order chi connectivity index (χ1) is 9.70. The van der Waals surface area contributed by atoms with Gasteiger partial charge in [0, 0.05) is 24.5 Å². The second-order valence-electron chi connectivity index (χ2n) is 6.18. The number of hydrogen-bond donors (Lipinski definition) is 1. The van der Waals surface area contributed by atoms with Crippen molar-refractivity contribution >= 4 is 10.9 Å². The number of aromatic nitrogens is 2. The molecule has 1 aliphatic carbocycles. The zero-order valence-corrected chi connectivity index (χ0v) is 12.8. The fourth-order valence-electron chi connectivity index (χ4n) is 3.45. The highest BCUT2D eigenvalue weighted by atomic mass is 15.3. The Morgan fingerprint density at radius 2 is 2.05 bits per heavy atom. The Bertz CT molecular complexity index is 587. The van der Waals surface area contributed by atoms with E-state index in [2.05, 4.69) is 55.0 Å². The summed E-state index contributed by atoms with van der Waals surface area (Å²) < 4.78 is 2.10. The van der Waals surface area contributed by atoms with E-state index in [1.165, 1.54) is 29.4 Å². The maximum absolute atomic E-state index is 4.77. The molecule has 1 aromatic heterocycles. The molecule has 0 bridgehead atoms. The van der Waals surface area contributed by atoms with E-state index in [1.807, 2.05) is 0 Å². The molecular weight excluding hydrogens is 246 g/mol. The summed E-state index contributed by atoms with van der Waals surface area (Å²) in [5.74, 6) is 1.62. The van der Waals surface area contributed by atoms with Gasteiger partial charge in [0.05, 0.1) is 11.2 Å². The van der Waals surface area contributed by atoms with Crippen LogP contribution in [0.1, 0.15) is 39.3 Å². The van der Waals surface area contributed by atoms with Gasteiger partial charge in [0.15, 0.2) is 0 Å². The molecule has 1 aromatic carbocycles. The highest BCUT2D eigenvalue weighted by molar-refractivity contribution is 5.81. The van der Waals surface area contributed by atoms with E-state index in [-0.39, 0.29) is 0 Å². The molecule has 3 rings (SSSR count). The van der Waals surface area contributed by atoms with Crippen LogP contribution in [0, 0.1) is 11.8 Å². The van der Waals surface area contributed by atoms with Gasteiger partial charge in [0.1, 0.15) is 0 Å². The second kappa shape index (κ2) is 5.57. The molecule has 0 amide bonds. The van der Waals surface area contributed by atoms with Crippen LogP contribution in [0.25, 0.3) is 10.9 Å². The van der Waals surface area contributed by atoms with Gasteiger partial charge >= 0.3 is 0 Å². The van der Waals surface area contributed by atoms with Gasteiger partial charge < -0.3 is 5.32 Å². The first kappa shape index (κ1) is 13.6. The lowest BCUT2D eigenvalue weighted by Gasteiger charge is -2.19. The highest BCUT2D eigenvalue weighted by Gasteiger charge is 2.29. The summed E-state index contributed by atoms with van der Waals surface area (Å²) in [5.41, 5.74) is 2.44. The molecule has 0 aliphatic heterocycles. The molecule has 0 spiro atoms. The van der Waals surface area contributed by atoms with E-state index in [4.69, 9.17) is 5.10 Å². The second-order valence-corrected chi connectivity index (χ2v) is 6.18. The van der Waals surface area contributed by atoms with Gasteiger partial charge in [-0.05, 0) is 37.7 Å². The third kappa shape index (κ3) is 2.35. The van der Waals surface area contributed by atoms with Crippen LogP contribution in [0.15, 0.2) is 24.3 Å². The fourth-order valence-corrected chi connectivity index (χ4v) is 3.45. The Hall–Kier alpha value is -1.35. The van der Waals surface area contributed by atoms with Crippen LogP contribution >= 0.6 is 0 Å². The van der Waals surface area contributed by atoms with Crippen molar-refractivity contribution in [2.75, 3.05) is 0 Å². The minimum absolute atomic E-state index is 0.649. The summed E-state index contributed by atoms with van der Waals surface area (Å²) >= 11 is 0. The van der Waals surface area contributed by atoms with E-state index in [0.717, 1.165) is 24.9 Å². The van der Waals surface area contributed by atoms with E-state index >= 15 is 0 Å². The molecule has 0 saturated heterocycles. The van der Waals surface area contributed by atoms with Crippen LogP contribution in [0.5, 0.6) is 0 Å². The Balaban J connectivity index is 1.78. The molecule has 1 aliphatic rings. The van der Waals surface area contributed by atoms with E-state index in [0.29, 0.717) is 6.04 Å². The standard InChI is InChI=1S/C17H25N3/c1-4-20-17-8-6-5-7-14(17)16(19-20)11-18-15-10-9-12(2)13(15)3/h5-8,12-13,15,18H,4,9-11H2,1-3H3. The Morgan fingerprint density at radius 1 is 1.25 bits per heavy atom. The first-order valence-corrected chi connectivity index (χ1v) is 7.88. The van der Waals surface area contributed by atoms with Gasteiger partial charge in [-0.3, -0.25) is 4.68 Å². The number of benzene rings is 1. The van der Waals surface area contributed by atoms with Crippen molar-refractivity contribution in [1.82, 2.24) is 15.1 Å². The molecule has 3 heteroatoms. The van der Waals surface area contributed by atoms with E-state index in [1.54, 1.807) is 0 Å². The number of aryl methyl sites for hydroxylation is 1. The number of fused-ring (bicyclic) bond motifs is 1. The number of rotatable bonds is 4. The fraction of sp³-hybridized carbons (Fsp3) is 0.588. The third-order valence-electron chi connectivity index (χ3n) is 5.03. The van der Waals surface area contributed by atoms with Gasteiger partial charge in [-0.15, -0.1) is 0 Å². The molecule has 3 nitrogen and oxygen atoms in total. The smallest absolute Gasteiger partial charge is 0.0841 e. The number of nitrogens with one attached hydrogen (secondary N) is 1. The zero-order valence-electron chi connectivity index (χ0n) is 12.8. The predicted molar refractivity (Wildman–Crippen MR) is 83.6 cm³/mol. The van der Waals surface area contributed by atoms with Crippen LogP contribution in [0.4, 0.5) is 0 Å². The minimum Gasteiger partial charge on any atom is -0.308 e. The van der Waals surface area contributed by atoms with Crippen LogP contribution < -0.4 is 5.32 Å². The molecule has 20 heavy (non-hydrogen) atoms. The quantitative estimate of drug-likeness (QED) is 0.921. The average molecular weight is 271 g/mol. The molecule has 3 unspecified atom stereocenters. The summed E-state index contributed by atoms with van der Waals surface area (Å²) in [7, 11) is 0. The SMILES string of the molecule is CCn1nc(CNC2CCC(C)C2C)c2ccccc21. The van der Waals surface area contributed by atoms with Crippen molar-refractivity contribution in [3.63, 3.8) is 0 Å². The molecule has 1 heterocycles. The lowest BCUT2D eigenvalue weighted by molar-refractivity contribution is 0.368. The van der Waals surface area contributed by atoms with Crippen molar-refractivity contribution in [2.45, 2.75) is 52.7 Å². The van der Waals surface area contributed by atoms with Gasteiger partial charge in [-0.25, -0.2) is 0 Å². The molecule has 108 valence electrons. The molecule has 1 N–H and O–H groups in total. The summed E-state index contributed by atoms with van der Waals surface area (Å²) in [4.78, 5) is 0. The maximum atomic E-state index is 4.77. The molecule has 1 saturated carbocycles. The molecule has 0 radical (unpaired) electrons. The van der Waals surface area contributed by atoms with Crippen molar-refractivity contribution in [3.05, 3.63) is 30.0 Å². The third-order valence-corrected chi connectivity index (χ3v) is 5.03. The van der Waals surface area contributed by atoms with Crippen LogP contribution in [-0.4, -0.2) is 15.8 Å². The van der Waals surface area contributed by atoms with Crippen molar-refractivity contribution in [3.8, 4) is 0 Å². The summed E-state index contributed by atoms with van der Waals surface area (Å²) in [5, 5.41) is 9.79. The number of hydrogen-bond acceptors (Lipinski definition) is 2. The van der Waals surface area contributed by atoms with Gasteiger partial charge in [0.25, 0.3) is 0 Å². The van der Waals surface area contributed by atoms with Gasteiger partial charge in [0.2, 0.25) is 0 Å². The van der Waals surface area contributed by atoms with Crippen LogP contribution in [0.2, 0.25) is 0 Å². The Kier molecular flexibility index (Phi) is 3.79. The number of nitrogens with zero attached hydrogens (tertiary/aromatic N) is 2. The first-order valence-electron chi connectivity index (χ1n) is 7.88. The molecule has 2 aromatic rings. The Morgan fingerprint density at radius 3 is 2.75 bits per heavy atom. The highest BCUT2D eigenvalue weighted by Crippen LogP contribution is 2.31. The lowest BCUT2D eigenvalue weighted by Crippen LogP contribution is -2.32. The van der Waals surface area contributed by atoms with Crippen LogP contribution in [-0.2, 0) is 13.1 Å². The van der Waals surface area contributed by atoms with Gasteiger partial charge in [-0.1, -0.05) is 32.0 Å². The molecule has 3 atom stereocenters. The normalized spacial score (nSPS) is 26.4. The van der Waals surface area contributed by atoms with Crippen LogP contribution in [0.3, 0.4) is 0 Å². The summed E-state index contributed by atoms with van der Waals surface area (Å²) in [6.07, 6.45) is 2.65. The van der Waals surface area contributed by atoms with Crippen molar-refractivity contribution < 1.29 is 0 Å². The van der Waals surface area contributed by atoms with Crippen molar-refractivity contribution in [1.29, 1.82) is 0 Å². The predicted octanol–water partition coefficient (Wildman–Crippen LogP) is 3.58. The number of para-hydroxylation sites is 1. The summed E-state index contributed by atoms with van der Waals surface area (Å²) in [6, 6.07) is 9.19.